The number of rotatable bonds is 6. The van der Waals surface area contributed by atoms with Gasteiger partial charge in [-0.05, 0) is 32.4 Å². The van der Waals surface area contributed by atoms with Crippen LogP contribution >= 0.6 is 0 Å². The molecule has 0 fully saturated rings. The van der Waals surface area contributed by atoms with Crippen LogP contribution in [0.1, 0.15) is 30.4 Å². The fourth-order valence-corrected chi connectivity index (χ4v) is 2.04. The summed E-state index contributed by atoms with van der Waals surface area (Å²) in [6, 6.07) is 3.46. The molecule has 2 aromatic rings. The Kier molecular flexibility index (Phi) is 4.99. The largest absolute Gasteiger partial charge is 0.389 e. The van der Waals surface area contributed by atoms with Gasteiger partial charge in [-0.15, -0.1) is 0 Å². The van der Waals surface area contributed by atoms with Crippen LogP contribution in [0, 0.1) is 6.92 Å². The van der Waals surface area contributed by atoms with Crippen LogP contribution < -0.4 is 5.32 Å². The van der Waals surface area contributed by atoms with Crippen molar-refractivity contribution in [3.63, 3.8) is 0 Å². The lowest BCUT2D eigenvalue weighted by Gasteiger charge is -2.13. The number of anilines is 1. The van der Waals surface area contributed by atoms with E-state index in [0.29, 0.717) is 18.1 Å². The Morgan fingerprint density at radius 1 is 1.32 bits per heavy atom. The van der Waals surface area contributed by atoms with Crippen molar-refractivity contribution in [1.29, 1.82) is 0 Å². The van der Waals surface area contributed by atoms with Crippen LogP contribution in [0.5, 0.6) is 0 Å². The molecule has 0 unspecified atom stereocenters. The van der Waals surface area contributed by atoms with Crippen molar-refractivity contribution in [2.45, 2.75) is 45.3 Å². The molecular formula is C14H18F3N5. The third kappa shape index (κ3) is 5.34. The molecule has 8 heteroatoms. The van der Waals surface area contributed by atoms with E-state index in [4.69, 9.17) is 0 Å². The number of nitrogens with one attached hydrogen (secondary N) is 2. The van der Waals surface area contributed by atoms with Crippen LogP contribution in [-0.2, 0) is 12.8 Å². The molecule has 2 aromatic heterocycles. The van der Waals surface area contributed by atoms with Crippen molar-refractivity contribution in [1.82, 2.24) is 20.2 Å². The monoisotopic (exact) mass is 313 g/mol. The van der Waals surface area contributed by atoms with Crippen LogP contribution in [0.15, 0.2) is 18.3 Å². The molecule has 0 radical (unpaired) electrons. The Balaban J connectivity index is 1.91. The molecule has 1 atom stereocenters. The summed E-state index contributed by atoms with van der Waals surface area (Å²) >= 11 is 0. The van der Waals surface area contributed by atoms with Gasteiger partial charge in [0, 0.05) is 36.5 Å². The number of halogens is 3. The van der Waals surface area contributed by atoms with E-state index in [2.05, 4.69) is 25.5 Å². The molecule has 0 aromatic carbocycles. The lowest BCUT2D eigenvalue weighted by molar-refractivity contribution is -0.134. The van der Waals surface area contributed by atoms with Gasteiger partial charge in [-0.25, -0.2) is 9.97 Å². The van der Waals surface area contributed by atoms with Crippen molar-refractivity contribution in [3.8, 4) is 0 Å². The summed E-state index contributed by atoms with van der Waals surface area (Å²) in [5, 5.41) is 10.1. The van der Waals surface area contributed by atoms with Crippen LogP contribution in [0.3, 0.4) is 0 Å². The molecule has 0 bridgehead atoms. The van der Waals surface area contributed by atoms with Gasteiger partial charge in [-0.1, -0.05) is 0 Å². The summed E-state index contributed by atoms with van der Waals surface area (Å²) < 4.78 is 36.7. The fourth-order valence-electron chi connectivity index (χ4n) is 2.04. The van der Waals surface area contributed by atoms with E-state index in [1.54, 1.807) is 0 Å². The lowest BCUT2D eigenvalue weighted by atomic mass is 10.2. The maximum Gasteiger partial charge on any atom is 0.389 e. The first-order valence-corrected chi connectivity index (χ1v) is 6.98. The average Bonchev–Trinajstić information content (AvgIpc) is 2.81. The highest BCUT2D eigenvalue weighted by atomic mass is 19.4. The molecule has 2 N–H and O–H groups in total. The number of aromatic nitrogens is 4. The molecule has 0 aliphatic heterocycles. The first kappa shape index (κ1) is 16.3. The minimum Gasteiger partial charge on any atom is -0.351 e. The van der Waals surface area contributed by atoms with Gasteiger partial charge in [0.15, 0.2) is 0 Å². The van der Waals surface area contributed by atoms with E-state index in [0.717, 1.165) is 11.4 Å². The summed E-state index contributed by atoms with van der Waals surface area (Å²) in [5.41, 5.74) is 2.26. The van der Waals surface area contributed by atoms with Crippen molar-refractivity contribution in [3.05, 3.63) is 35.4 Å². The van der Waals surface area contributed by atoms with Gasteiger partial charge >= 0.3 is 6.18 Å². The van der Waals surface area contributed by atoms with Crippen LogP contribution in [-0.4, -0.2) is 32.4 Å². The fraction of sp³-hybridized carbons (Fsp3) is 0.500. The summed E-state index contributed by atoms with van der Waals surface area (Å²) in [6.07, 6.45) is -3.07. The molecule has 22 heavy (non-hydrogen) atoms. The highest BCUT2D eigenvalue weighted by Crippen LogP contribution is 2.21. The topological polar surface area (TPSA) is 66.5 Å². The van der Waals surface area contributed by atoms with Gasteiger partial charge in [-0.2, -0.15) is 18.3 Å². The zero-order chi connectivity index (χ0) is 16.2. The van der Waals surface area contributed by atoms with E-state index in [1.807, 2.05) is 19.9 Å². The van der Waals surface area contributed by atoms with E-state index in [-0.39, 0.29) is 12.5 Å². The molecule has 2 rings (SSSR count). The number of aryl methyl sites for hydroxylation is 2. The average molecular weight is 313 g/mol. The Morgan fingerprint density at radius 3 is 2.73 bits per heavy atom. The number of hydrogen-bond acceptors (Lipinski definition) is 4. The standard InChI is InChI=1S/C14H18F3N5/c1-9(7-12-8-10(2)21-22-12)19-13-18-6-4-11(20-13)3-5-14(15,16)17/h4,6,8-9H,3,5,7H2,1-2H3,(H,21,22)(H,18,19,20)/t9-/m1/s1. The highest BCUT2D eigenvalue weighted by molar-refractivity contribution is 5.27. The molecule has 0 saturated heterocycles. The molecule has 0 aliphatic rings. The van der Waals surface area contributed by atoms with Crippen LogP contribution in [0.25, 0.3) is 0 Å². The van der Waals surface area contributed by atoms with E-state index in [9.17, 15) is 13.2 Å². The molecule has 5 nitrogen and oxygen atoms in total. The van der Waals surface area contributed by atoms with Crippen molar-refractivity contribution in [2.75, 3.05) is 5.32 Å². The molecular weight excluding hydrogens is 295 g/mol. The SMILES string of the molecule is Cc1cc(C[C@@H](C)Nc2nccc(CCC(F)(F)F)n2)n[nH]1. The zero-order valence-electron chi connectivity index (χ0n) is 12.4. The second-order valence-electron chi connectivity index (χ2n) is 5.28. The summed E-state index contributed by atoms with van der Waals surface area (Å²) in [5.74, 6) is 0.333. The van der Waals surface area contributed by atoms with Gasteiger partial charge < -0.3 is 5.32 Å². The molecule has 0 spiro atoms. The predicted octanol–water partition coefficient (Wildman–Crippen LogP) is 3.05. The second-order valence-corrected chi connectivity index (χ2v) is 5.28. The first-order chi connectivity index (χ1) is 10.3. The van der Waals surface area contributed by atoms with Crippen molar-refractivity contribution in [2.24, 2.45) is 0 Å². The van der Waals surface area contributed by atoms with Crippen molar-refractivity contribution < 1.29 is 13.2 Å². The normalized spacial score (nSPS) is 13.1. The number of H-pyrrole nitrogens is 1. The Bertz CT molecular complexity index is 609. The Morgan fingerprint density at radius 2 is 2.09 bits per heavy atom. The number of aromatic amines is 1. The van der Waals surface area contributed by atoms with Gasteiger partial charge in [-0.3, -0.25) is 5.10 Å². The molecule has 2 heterocycles. The van der Waals surface area contributed by atoms with Crippen LogP contribution in [0.4, 0.5) is 19.1 Å². The highest BCUT2D eigenvalue weighted by Gasteiger charge is 2.26. The Hall–Kier alpha value is -2.12. The Labute approximate surface area is 126 Å². The maximum absolute atomic E-state index is 12.2. The maximum atomic E-state index is 12.2. The molecule has 120 valence electrons. The summed E-state index contributed by atoms with van der Waals surface area (Å²) in [6.45, 7) is 3.86. The van der Waals surface area contributed by atoms with E-state index in [1.165, 1.54) is 12.3 Å². The van der Waals surface area contributed by atoms with Gasteiger partial charge in [0.25, 0.3) is 0 Å². The summed E-state index contributed by atoms with van der Waals surface area (Å²) in [4.78, 5) is 8.15. The smallest absolute Gasteiger partial charge is 0.351 e. The van der Waals surface area contributed by atoms with Gasteiger partial charge in [0.2, 0.25) is 5.95 Å². The number of alkyl halides is 3. The van der Waals surface area contributed by atoms with Gasteiger partial charge in [0.05, 0.1) is 5.69 Å². The summed E-state index contributed by atoms with van der Waals surface area (Å²) in [7, 11) is 0. The zero-order valence-corrected chi connectivity index (χ0v) is 12.4. The quantitative estimate of drug-likeness (QED) is 0.860. The first-order valence-electron chi connectivity index (χ1n) is 6.98. The predicted molar refractivity (Wildman–Crippen MR) is 76.5 cm³/mol. The molecule has 0 amide bonds. The van der Waals surface area contributed by atoms with Gasteiger partial charge in [0.1, 0.15) is 0 Å². The molecule has 0 saturated carbocycles. The van der Waals surface area contributed by atoms with E-state index >= 15 is 0 Å². The van der Waals surface area contributed by atoms with E-state index < -0.39 is 12.6 Å². The van der Waals surface area contributed by atoms with Crippen LogP contribution in [0.2, 0.25) is 0 Å². The minimum absolute atomic E-state index is 0.0144. The number of nitrogens with zero attached hydrogens (tertiary/aromatic N) is 3. The van der Waals surface area contributed by atoms with Crippen molar-refractivity contribution >= 4 is 5.95 Å². The minimum atomic E-state index is -4.18. The number of hydrogen-bond donors (Lipinski definition) is 2. The lowest BCUT2D eigenvalue weighted by Crippen LogP contribution is -2.20. The third-order valence-corrected chi connectivity index (χ3v) is 3.03. The third-order valence-electron chi connectivity index (χ3n) is 3.03. The second kappa shape index (κ2) is 6.76. The molecule has 0 aliphatic carbocycles.